The van der Waals surface area contributed by atoms with E-state index in [1.807, 2.05) is 38.1 Å². The van der Waals surface area contributed by atoms with Crippen LogP contribution in [0.4, 0.5) is 5.69 Å². The van der Waals surface area contributed by atoms with Crippen molar-refractivity contribution in [3.8, 4) is 11.5 Å². The van der Waals surface area contributed by atoms with Crippen LogP contribution in [0, 0.1) is 0 Å². The van der Waals surface area contributed by atoms with E-state index >= 15 is 0 Å². The maximum absolute atomic E-state index is 12.1. The first-order valence-electron chi connectivity index (χ1n) is 8.67. The van der Waals surface area contributed by atoms with E-state index in [-0.39, 0.29) is 12.6 Å². The predicted molar refractivity (Wildman–Crippen MR) is 105 cm³/mol. The normalized spacial score (nSPS) is 10.2. The number of carbonyl (C=O) groups is 2. The van der Waals surface area contributed by atoms with Crippen LogP contribution in [0.25, 0.3) is 0 Å². The summed E-state index contributed by atoms with van der Waals surface area (Å²) < 4.78 is 11.1. The van der Waals surface area contributed by atoms with Crippen LogP contribution in [0.2, 0.25) is 0 Å². The standard InChI is InChI=1S/C21H24N2O4/c1-4-13-26-18-11-9-17(10-12-18)23-21(25)20(24)22-14-16-7-5-6-8-19(16)27-15(2)3/h4-12,15H,1,13-14H2,2-3H3,(H,22,24)(H,23,25). The molecule has 2 amide bonds. The Labute approximate surface area is 159 Å². The molecule has 0 aliphatic heterocycles. The minimum atomic E-state index is -0.739. The highest BCUT2D eigenvalue weighted by Gasteiger charge is 2.14. The Hall–Kier alpha value is -3.28. The molecule has 0 bridgehead atoms. The van der Waals surface area contributed by atoms with Crippen molar-refractivity contribution in [2.45, 2.75) is 26.5 Å². The molecule has 2 aromatic carbocycles. The molecule has 2 rings (SSSR count). The highest BCUT2D eigenvalue weighted by Crippen LogP contribution is 2.19. The number of carbonyl (C=O) groups excluding carboxylic acids is 2. The van der Waals surface area contributed by atoms with E-state index in [1.165, 1.54) is 0 Å². The monoisotopic (exact) mass is 368 g/mol. The summed E-state index contributed by atoms with van der Waals surface area (Å²) in [6.07, 6.45) is 1.66. The number of hydrogen-bond acceptors (Lipinski definition) is 4. The van der Waals surface area contributed by atoms with Gasteiger partial charge in [-0.3, -0.25) is 9.59 Å². The third-order valence-corrected chi connectivity index (χ3v) is 3.46. The minimum absolute atomic E-state index is 0.0172. The number of ether oxygens (including phenoxy) is 2. The van der Waals surface area contributed by atoms with Crippen molar-refractivity contribution in [2.24, 2.45) is 0 Å². The topological polar surface area (TPSA) is 76.7 Å². The molecular weight excluding hydrogens is 344 g/mol. The van der Waals surface area contributed by atoms with Gasteiger partial charge in [0.25, 0.3) is 0 Å². The third kappa shape index (κ3) is 6.51. The van der Waals surface area contributed by atoms with Gasteiger partial charge in [0.1, 0.15) is 18.1 Å². The summed E-state index contributed by atoms with van der Waals surface area (Å²) in [5.74, 6) is -0.124. The molecule has 0 aromatic heterocycles. The van der Waals surface area contributed by atoms with Gasteiger partial charge in [0, 0.05) is 17.8 Å². The van der Waals surface area contributed by atoms with Crippen molar-refractivity contribution >= 4 is 17.5 Å². The number of rotatable bonds is 8. The fourth-order valence-electron chi connectivity index (χ4n) is 2.25. The Morgan fingerprint density at radius 1 is 1.07 bits per heavy atom. The Kier molecular flexibility index (Phi) is 7.43. The van der Waals surface area contributed by atoms with E-state index in [1.54, 1.807) is 30.3 Å². The van der Waals surface area contributed by atoms with E-state index in [4.69, 9.17) is 9.47 Å². The first-order chi connectivity index (χ1) is 13.0. The molecule has 0 heterocycles. The molecular formula is C21H24N2O4. The van der Waals surface area contributed by atoms with Gasteiger partial charge in [0.15, 0.2) is 0 Å². The van der Waals surface area contributed by atoms with Crippen LogP contribution < -0.4 is 20.1 Å². The van der Waals surface area contributed by atoms with Crippen LogP contribution in [0.3, 0.4) is 0 Å². The van der Waals surface area contributed by atoms with Crippen molar-refractivity contribution in [2.75, 3.05) is 11.9 Å². The fraction of sp³-hybridized carbons (Fsp3) is 0.238. The number of para-hydroxylation sites is 1. The van der Waals surface area contributed by atoms with Crippen LogP contribution in [-0.4, -0.2) is 24.5 Å². The molecule has 0 aliphatic carbocycles. The first kappa shape index (κ1) is 20.0. The summed E-state index contributed by atoms with van der Waals surface area (Å²) in [6.45, 7) is 8.03. The number of amides is 2. The van der Waals surface area contributed by atoms with Gasteiger partial charge in [-0.2, -0.15) is 0 Å². The van der Waals surface area contributed by atoms with E-state index in [0.29, 0.717) is 23.8 Å². The largest absolute Gasteiger partial charge is 0.491 e. The van der Waals surface area contributed by atoms with Gasteiger partial charge in [0.2, 0.25) is 0 Å². The van der Waals surface area contributed by atoms with E-state index in [2.05, 4.69) is 17.2 Å². The lowest BCUT2D eigenvalue weighted by molar-refractivity contribution is -0.136. The van der Waals surface area contributed by atoms with Gasteiger partial charge < -0.3 is 20.1 Å². The van der Waals surface area contributed by atoms with Gasteiger partial charge in [-0.25, -0.2) is 0 Å². The third-order valence-electron chi connectivity index (χ3n) is 3.46. The molecule has 0 spiro atoms. The first-order valence-corrected chi connectivity index (χ1v) is 8.67. The lowest BCUT2D eigenvalue weighted by Crippen LogP contribution is -2.35. The Morgan fingerprint density at radius 2 is 1.78 bits per heavy atom. The molecule has 0 aliphatic rings. The van der Waals surface area contributed by atoms with Gasteiger partial charge in [0.05, 0.1) is 6.10 Å². The SMILES string of the molecule is C=CCOc1ccc(NC(=O)C(=O)NCc2ccccc2OC(C)C)cc1. The molecule has 142 valence electrons. The molecule has 0 fully saturated rings. The van der Waals surface area contributed by atoms with Crippen molar-refractivity contribution in [1.29, 1.82) is 0 Å². The second kappa shape index (κ2) is 10.0. The molecule has 27 heavy (non-hydrogen) atoms. The molecule has 0 atom stereocenters. The van der Waals surface area contributed by atoms with Crippen LogP contribution in [-0.2, 0) is 16.1 Å². The Balaban J connectivity index is 1.89. The van der Waals surface area contributed by atoms with Crippen molar-refractivity contribution < 1.29 is 19.1 Å². The number of benzene rings is 2. The zero-order valence-electron chi connectivity index (χ0n) is 15.5. The van der Waals surface area contributed by atoms with Crippen molar-refractivity contribution in [3.63, 3.8) is 0 Å². The van der Waals surface area contributed by atoms with Gasteiger partial charge >= 0.3 is 11.8 Å². The average Bonchev–Trinajstić information content (AvgIpc) is 2.66. The molecule has 2 aromatic rings. The Morgan fingerprint density at radius 3 is 2.44 bits per heavy atom. The summed E-state index contributed by atoms with van der Waals surface area (Å²) in [6, 6.07) is 14.1. The number of nitrogens with one attached hydrogen (secondary N) is 2. The lowest BCUT2D eigenvalue weighted by atomic mass is 10.2. The molecule has 0 unspecified atom stereocenters. The second-order valence-electron chi connectivity index (χ2n) is 6.04. The molecule has 0 radical (unpaired) electrons. The minimum Gasteiger partial charge on any atom is -0.491 e. The van der Waals surface area contributed by atoms with E-state index in [9.17, 15) is 9.59 Å². The average molecular weight is 368 g/mol. The molecule has 0 saturated heterocycles. The summed E-state index contributed by atoms with van der Waals surface area (Å²) in [7, 11) is 0. The number of anilines is 1. The smallest absolute Gasteiger partial charge is 0.313 e. The maximum atomic E-state index is 12.1. The quantitative estimate of drug-likeness (QED) is 0.554. The van der Waals surface area contributed by atoms with Gasteiger partial charge in [-0.05, 0) is 44.2 Å². The maximum Gasteiger partial charge on any atom is 0.313 e. The van der Waals surface area contributed by atoms with Crippen LogP contribution in [0.15, 0.2) is 61.2 Å². The second-order valence-corrected chi connectivity index (χ2v) is 6.04. The highest BCUT2D eigenvalue weighted by atomic mass is 16.5. The fourth-order valence-corrected chi connectivity index (χ4v) is 2.25. The van der Waals surface area contributed by atoms with Crippen molar-refractivity contribution in [3.05, 3.63) is 66.7 Å². The molecule has 2 N–H and O–H groups in total. The summed E-state index contributed by atoms with van der Waals surface area (Å²) in [5.41, 5.74) is 1.31. The van der Waals surface area contributed by atoms with Crippen LogP contribution >= 0.6 is 0 Å². The predicted octanol–water partition coefficient (Wildman–Crippen LogP) is 3.29. The van der Waals surface area contributed by atoms with Gasteiger partial charge in [-0.15, -0.1) is 0 Å². The van der Waals surface area contributed by atoms with E-state index < -0.39 is 11.8 Å². The van der Waals surface area contributed by atoms with Gasteiger partial charge in [-0.1, -0.05) is 30.9 Å². The van der Waals surface area contributed by atoms with E-state index in [0.717, 1.165) is 5.56 Å². The zero-order chi connectivity index (χ0) is 19.6. The van der Waals surface area contributed by atoms with Crippen LogP contribution in [0.5, 0.6) is 11.5 Å². The summed E-state index contributed by atoms with van der Waals surface area (Å²) >= 11 is 0. The highest BCUT2D eigenvalue weighted by molar-refractivity contribution is 6.39. The summed E-state index contributed by atoms with van der Waals surface area (Å²) in [5, 5.41) is 5.16. The zero-order valence-corrected chi connectivity index (χ0v) is 15.5. The molecule has 6 heteroatoms. The van der Waals surface area contributed by atoms with Crippen LogP contribution in [0.1, 0.15) is 19.4 Å². The molecule has 6 nitrogen and oxygen atoms in total. The summed E-state index contributed by atoms with van der Waals surface area (Å²) in [4.78, 5) is 24.1. The van der Waals surface area contributed by atoms with Crippen molar-refractivity contribution in [1.82, 2.24) is 5.32 Å². The Bertz CT molecular complexity index is 785. The lowest BCUT2D eigenvalue weighted by Gasteiger charge is -2.14. The number of hydrogen-bond donors (Lipinski definition) is 2. The molecule has 0 saturated carbocycles.